The molecule has 0 aromatic heterocycles. The monoisotopic (exact) mass is 340 g/mol. The van der Waals surface area contributed by atoms with Gasteiger partial charge in [0, 0.05) is 17.7 Å². The summed E-state index contributed by atoms with van der Waals surface area (Å²) in [6.45, 7) is 1.67. The third-order valence-electron chi connectivity index (χ3n) is 3.48. The molecule has 2 rings (SSSR count). The number of nitrogens with zero attached hydrogens (tertiary/aromatic N) is 2. The molecule has 0 aliphatic carbocycles. The molecule has 6 nitrogen and oxygen atoms in total. The lowest BCUT2D eigenvalue weighted by Crippen LogP contribution is -2.25. The van der Waals surface area contributed by atoms with E-state index in [2.05, 4.69) is 21.1 Å². The molecule has 1 aromatic rings. The molecule has 0 saturated heterocycles. The van der Waals surface area contributed by atoms with Gasteiger partial charge in [0.1, 0.15) is 0 Å². The van der Waals surface area contributed by atoms with Crippen LogP contribution >= 0.6 is 0 Å². The number of hydrogen-bond donors (Lipinski definition) is 2. The normalized spacial score (nSPS) is 17.8. The second-order valence-corrected chi connectivity index (χ2v) is 5.20. The number of benzene rings is 1. The van der Waals surface area contributed by atoms with Crippen molar-refractivity contribution in [3.05, 3.63) is 35.4 Å². The SMILES string of the molecule is CC1=NNC(=O)C1CCC(=O)N/N=C/c1ccccc1C(F)(F)F. The summed E-state index contributed by atoms with van der Waals surface area (Å²) in [7, 11) is 0. The van der Waals surface area contributed by atoms with Gasteiger partial charge >= 0.3 is 6.18 Å². The molecule has 0 fully saturated rings. The van der Waals surface area contributed by atoms with Crippen LogP contribution in [0.3, 0.4) is 0 Å². The van der Waals surface area contributed by atoms with Gasteiger partial charge in [-0.25, -0.2) is 10.9 Å². The predicted octanol–water partition coefficient (Wildman–Crippen LogP) is 2.06. The van der Waals surface area contributed by atoms with Crippen molar-refractivity contribution in [3.8, 4) is 0 Å². The van der Waals surface area contributed by atoms with E-state index in [9.17, 15) is 22.8 Å². The van der Waals surface area contributed by atoms with E-state index in [0.29, 0.717) is 5.71 Å². The quantitative estimate of drug-likeness (QED) is 0.635. The molecule has 0 bridgehead atoms. The lowest BCUT2D eigenvalue weighted by molar-refractivity contribution is -0.137. The summed E-state index contributed by atoms with van der Waals surface area (Å²) >= 11 is 0. The van der Waals surface area contributed by atoms with Crippen LogP contribution in [0, 0.1) is 5.92 Å². The van der Waals surface area contributed by atoms with Crippen molar-refractivity contribution in [1.29, 1.82) is 0 Å². The number of rotatable bonds is 5. The van der Waals surface area contributed by atoms with E-state index in [1.54, 1.807) is 6.92 Å². The fourth-order valence-corrected chi connectivity index (χ4v) is 2.20. The van der Waals surface area contributed by atoms with Crippen molar-refractivity contribution < 1.29 is 22.8 Å². The maximum Gasteiger partial charge on any atom is 0.417 e. The Hall–Kier alpha value is -2.71. The van der Waals surface area contributed by atoms with E-state index in [1.807, 2.05) is 0 Å². The van der Waals surface area contributed by atoms with Gasteiger partial charge in [-0.1, -0.05) is 18.2 Å². The number of hydrazone groups is 2. The lowest BCUT2D eigenvalue weighted by atomic mass is 9.99. The third kappa shape index (κ3) is 4.40. The summed E-state index contributed by atoms with van der Waals surface area (Å²) in [5.74, 6) is -1.24. The minimum absolute atomic E-state index is 0.00318. The summed E-state index contributed by atoms with van der Waals surface area (Å²) in [5, 5.41) is 7.30. The molecule has 2 N–H and O–H groups in total. The Labute approximate surface area is 135 Å². The van der Waals surface area contributed by atoms with Crippen LogP contribution in [0.4, 0.5) is 13.2 Å². The van der Waals surface area contributed by atoms with Crippen molar-refractivity contribution in [1.82, 2.24) is 10.9 Å². The van der Waals surface area contributed by atoms with E-state index in [1.165, 1.54) is 18.2 Å². The zero-order valence-electron chi connectivity index (χ0n) is 12.7. The summed E-state index contributed by atoms with van der Waals surface area (Å²) in [6, 6.07) is 4.90. The van der Waals surface area contributed by atoms with E-state index < -0.39 is 23.6 Å². The number of amides is 2. The summed E-state index contributed by atoms with van der Waals surface area (Å²) < 4.78 is 38.4. The fourth-order valence-electron chi connectivity index (χ4n) is 2.20. The zero-order chi connectivity index (χ0) is 17.7. The number of carbonyl (C=O) groups excluding carboxylic acids is 2. The Kier molecular flexibility index (Phi) is 5.32. The average Bonchev–Trinajstić information content (AvgIpc) is 2.83. The highest BCUT2D eigenvalue weighted by atomic mass is 19.4. The standard InChI is InChI=1S/C15H15F3N4O2/c1-9-11(14(24)22-20-9)6-7-13(23)21-19-8-10-4-2-3-5-12(10)15(16,17)18/h2-5,8,11H,6-7H2,1H3,(H,21,23)(H,22,24)/b19-8+. The first kappa shape index (κ1) is 17.6. The molecule has 0 radical (unpaired) electrons. The lowest BCUT2D eigenvalue weighted by Gasteiger charge is -2.09. The van der Waals surface area contributed by atoms with Crippen LogP contribution in [0.25, 0.3) is 0 Å². The first-order valence-corrected chi connectivity index (χ1v) is 7.11. The van der Waals surface area contributed by atoms with Crippen LogP contribution in [0.5, 0.6) is 0 Å². The average molecular weight is 340 g/mol. The van der Waals surface area contributed by atoms with Crippen LogP contribution < -0.4 is 10.9 Å². The number of halogens is 3. The second kappa shape index (κ2) is 7.24. The maximum absolute atomic E-state index is 12.8. The molecule has 24 heavy (non-hydrogen) atoms. The fraction of sp³-hybridized carbons (Fsp3) is 0.333. The topological polar surface area (TPSA) is 82.9 Å². The van der Waals surface area contributed by atoms with Crippen LogP contribution in [-0.4, -0.2) is 23.7 Å². The van der Waals surface area contributed by atoms with Crippen molar-refractivity contribution in [2.24, 2.45) is 16.1 Å². The van der Waals surface area contributed by atoms with Gasteiger partial charge in [-0.15, -0.1) is 0 Å². The number of carbonyl (C=O) groups is 2. The maximum atomic E-state index is 12.8. The molecular formula is C15H15F3N4O2. The molecule has 1 heterocycles. The summed E-state index contributed by atoms with van der Waals surface area (Å²) in [6.07, 6.45) is -3.31. The van der Waals surface area contributed by atoms with Crippen LogP contribution in [-0.2, 0) is 15.8 Å². The highest BCUT2D eigenvalue weighted by molar-refractivity contribution is 6.07. The molecule has 128 valence electrons. The van der Waals surface area contributed by atoms with Crippen LogP contribution in [0.1, 0.15) is 30.9 Å². The number of alkyl halides is 3. The Morgan fingerprint density at radius 3 is 2.75 bits per heavy atom. The van der Waals surface area contributed by atoms with E-state index in [-0.39, 0.29) is 24.3 Å². The summed E-state index contributed by atoms with van der Waals surface area (Å²) in [5.41, 5.74) is 4.07. The van der Waals surface area contributed by atoms with E-state index >= 15 is 0 Å². The van der Waals surface area contributed by atoms with Crippen LogP contribution in [0.2, 0.25) is 0 Å². The van der Waals surface area contributed by atoms with Gasteiger partial charge < -0.3 is 0 Å². The third-order valence-corrected chi connectivity index (χ3v) is 3.48. The highest BCUT2D eigenvalue weighted by Gasteiger charge is 2.32. The van der Waals surface area contributed by atoms with Gasteiger partial charge in [0.05, 0.1) is 17.7 Å². The Morgan fingerprint density at radius 1 is 1.42 bits per heavy atom. The molecule has 2 amide bonds. The van der Waals surface area contributed by atoms with Crippen molar-refractivity contribution in [2.75, 3.05) is 0 Å². The zero-order valence-corrected chi connectivity index (χ0v) is 12.7. The van der Waals surface area contributed by atoms with Gasteiger partial charge in [-0.2, -0.15) is 23.4 Å². The predicted molar refractivity (Wildman–Crippen MR) is 81.2 cm³/mol. The van der Waals surface area contributed by atoms with E-state index in [4.69, 9.17) is 0 Å². The van der Waals surface area contributed by atoms with Crippen LogP contribution in [0.15, 0.2) is 34.5 Å². The minimum atomic E-state index is -4.50. The molecule has 1 atom stereocenters. The molecular weight excluding hydrogens is 325 g/mol. The Balaban J connectivity index is 1.89. The van der Waals surface area contributed by atoms with Gasteiger partial charge in [-0.3, -0.25) is 9.59 Å². The molecule has 1 aliphatic heterocycles. The molecule has 1 unspecified atom stereocenters. The second-order valence-electron chi connectivity index (χ2n) is 5.20. The van der Waals surface area contributed by atoms with Gasteiger partial charge in [-0.05, 0) is 19.4 Å². The van der Waals surface area contributed by atoms with Crippen molar-refractivity contribution in [3.63, 3.8) is 0 Å². The summed E-state index contributed by atoms with van der Waals surface area (Å²) in [4.78, 5) is 23.1. The molecule has 0 saturated carbocycles. The van der Waals surface area contributed by atoms with E-state index in [0.717, 1.165) is 12.3 Å². The van der Waals surface area contributed by atoms with Gasteiger partial charge in [0.25, 0.3) is 0 Å². The van der Waals surface area contributed by atoms with Crippen molar-refractivity contribution in [2.45, 2.75) is 25.9 Å². The Bertz CT molecular complexity index is 698. The molecule has 1 aromatic carbocycles. The van der Waals surface area contributed by atoms with Crippen molar-refractivity contribution >= 4 is 23.7 Å². The van der Waals surface area contributed by atoms with Gasteiger partial charge in [0.2, 0.25) is 11.8 Å². The first-order valence-electron chi connectivity index (χ1n) is 7.11. The Morgan fingerprint density at radius 2 is 2.12 bits per heavy atom. The largest absolute Gasteiger partial charge is 0.417 e. The molecule has 9 heteroatoms. The molecule has 0 spiro atoms. The molecule has 1 aliphatic rings. The first-order chi connectivity index (χ1) is 11.3. The van der Waals surface area contributed by atoms with Gasteiger partial charge in [0.15, 0.2) is 0 Å². The number of nitrogens with one attached hydrogen (secondary N) is 2. The smallest absolute Gasteiger partial charge is 0.273 e. The minimum Gasteiger partial charge on any atom is -0.273 e. The highest BCUT2D eigenvalue weighted by Crippen LogP contribution is 2.31. The number of hydrogen-bond acceptors (Lipinski definition) is 4.